The molecule has 2 aromatic carbocycles. The van der Waals surface area contributed by atoms with Gasteiger partial charge in [-0.3, -0.25) is 4.21 Å². The lowest BCUT2D eigenvalue weighted by Crippen LogP contribution is -2.03. The minimum atomic E-state index is -2.36. The van der Waals surface area contributed by atoms with Gasteiger partial charge in [0.1, 0.15) is 11.5 Å². The molecule has 124 valence electrons. The molecule has 0 aliphatic carbocycles. The third kappa shape index (κ3) is 4.97. The predicted octanol–water partition coefficient (Wildman–Crippen LogP) is 3.86. The first kappa shape index (κ1) is 17.8. The van der Waals surface area contributed by atoms with E-state index < -0.39 is 11.3 Å². The van der Waals surface area contributed by atoms with Gasteiger partial charge >= 0.3 is 0 Å². The van der Waals surface area contributed by atoms with Crippen molar-refractivity contribution in [1.82, 2.24) is 0 Å². The molecule has 0 amide bonds. The highest BCUT2D eigenvalue weighted by Gasteiger charge is 2.08. The fourth-order valence-electron chi connectivity index (χ4n) is 2.15. The molecule has 7 heteroatoms. The molecule has 0 saturated heterocycles. The molecule has 0 bridgehead atoms. The fourth-order valence-corrected chi connectivity index (χ4v) is 3.05. The van der Waals surface area contributed by atoms with Crippen molar-refractivity contribution >= 4 is 28.7 Å². The quantitative estimate of drug-likeness (QED) is 0.605. The van der Waals surface area contributed by atoms with Gasteiger partial charge < -0.3 is 18.7 Å². The highest BCUT2D eigenvalue weighted by atomic mass is 32.2. The topological polar surface area (TPSA) is 70.6 Å². The van der Waals surface area contributed by atoms with Crippen LogP contribution in [0.4, 0.5) is 5.69 Å². The average molecular weight is 352 g/mol. The predicted molar refractivity (Wildman–Crippen MR) is 92.7 cm³/mol. The van der Waals surface area contributed by atoms with Crippen LogP contribution < -0.4 is 9.46 Å². The van der Waals surface area contributed by atoms with Crippen LogP contribution in [0.25, 0.3) is 0 Å². The van der Waals surface area contributed by atoms with E-state index in [1.807, 2.05) is 31.4 Å². The Bertz CT molecular complexity index is 706. The van der Waals surface area contributed by atoms with Crippen LogP contribution in [0, 0.1) is 6.92 Å². The zero-order chi connectivity index (χ0) is 16.8. The Morgan fingerprint density at radius 2 is 2.04 bits per heavy atom. The molecule has 0 fully saturated rings. The number of anilines is 1. The van der Waals surface area contributed by atoms with E-state index in [0.717, 1.165) is 16.9 Å². The summed E-state index contributed by atoms with van der Waals surface area (Å²) in [6, 6.07) is 11.0. The SMILES string of the molecule is COCc1cc(NS(=O)[O-])ccc1Oc1ccc(SC)c(C)c1. The first-order chi connectivity index (χ1) is 11.0. The second-order valence-corrected chi connectivity index (χ2v) is 6.35. The Morgan fingerprint density at radius 1 is 1.26 bits per heavy atom. The van der Waals surface area contributed by atoms with E-state index in [4.69, 9.17) is 9.47 Å². The highest BCUT2D eigenvalue weighted by Crippen LogP contribution is 2.31. The number of thioether (sulfide) groups is 1. The number of aryl methyl sites for hydroxylation is 1. The summed E-state index contributed by atoms with van der Waals surface area (Å²) in [4.78, 5) is 1.20. The van der Waals surface area contributed by atoms with E-state index in [0.29, 0.717) is 18.0 Å². The van der Waals surface area contributed by atoms with E-state index in [9.17, 15) is 8.76 Å². The molecule has 0 saturated carbocycles. The third-order valence-electron chi connectivity index (χ3n) is 3.16. The van der Waals surface area contributed by atoms with Gasteiger partial charge in [-0.05, 0) is 55.1 Å². The molecular formula is C16H18NO4S2-. The lowest BCUT2D eigenvalue weighted by Gasteiger charge is -2.15. The maximum absolute atomic E-state index is 10.7. The summed E-state index contributed by atoms with van der Waals surface area (Å²) in [6.45, 7) is 2.35. The van der Waals surface area contributed by atoms with Gasteiger partial charge in [-0.1, -0.05) is 0 Å². The number of hydrogen-bond donors (Lipinski definition) is 1. The summed E-state index contributed by atoms with van der Waals surface area (Å²) in [5.41, 5.74) is 2.37. The standard InChI is InChI=1S/C16H19NO4S2/c1-11-8-14(5-7-16(11)22-3)21-15-6-4-13(17-23(18)19)9-12(15)10-20-2/h4-9,17H,10H2,1-3H3,(H,18,19)/p-1. The van der Waals surface area contributed by atoms with E-state index in [1.54, 1.807) is 37.1 Å². The van der Waals surface area contributed by atoms with Crippen LogP contribution in [0.1, 0.15) is 11.1 Å². The van der Waals surface area contributed by atoms with Gasteiger partial charge in [0.2, 0.25) is 0 Å². The van der Waals surface area contributed by atoms with Crippen molar-refractivity contribution in [2.45, 2.75) is 18.4 Å². The minimum absolute atomic E-state index is 0.318. The molecule has 1 unspecified atom stereocenters. The first-order valence-corrected chi connectivity index (χ1v) is 9.13. The van der Waals surface area contributed by atoms with Crippen LogP contribution in [-0.2, 0) is 22.6 Å². The number of nitrogens with one attached hydrogen (secondary N) is 1. The molecule has 0 aliphatic heterocycles. The number of rotatable bonds is 7. The molecule has 0 spiro atoms. The smallest absolute Gasteiger partial charge is 0.133 e. The van der Waals surface area contributed by atoms with Crippen molar-refractivity contribution in [1.29, 1.82) is 0 Å². The summed E-state index contributed by atoms with van der Waals surface area (Å²) in [5.74, 6) is 1.36. The molecule has 0 heterocycles. The molecular weight excluding hydrogens is 334 g/mol. The normalized spacial score (nSPS) is 12.0. The van der Waals surface area contributed by atoms with Gasteiger partial charge in [-0.25, -0.2) is 0 Å². The minimum Gasteiger partial charge on any atom is -0.755 e. The molecule has 0 aromatic heterocycles. The fraction of sp³-hybridized carbons (Fsp3) is 0.250. The van der Waals surface area contributed by atoms with Crippen molar-refractivity contribution in [3.8, 4) is 11.5 Å². The summed E-state index contributed by atoms with van der Waals surface area (Å²) < 4.78 is 34.9. The van der Waals surface area contributed by atoms with Crippen molar-refractivity contribution in [2.75, 3.05) is 18.1 Å². The summed E-state index contributed by atoms with van der Waals surface area (Å²) >= 11 is -0.677. The van der Waals surface area contributed by atoms with Crippen LogP contribution in [-0.4, -0.2) is 22.1 Å². The lowest BCUT2D eigenvalue weighted by atomic mass is 10.2. The zero-order valence-electron chi connectivity index (χ0n) is 13.1. The van der Waals surface area contributed by atoms with E-state index >= 15 is 0 Å². The van der Waals surface area contributed by atoms with Crippen LogP contribution in [0.3, 0.4) is 0 Å². The summed E-state index contributed by atoms with van der Waals surface area (Å²) in [7, 11) is 1.58. The Balaban J connectivity index is 2.27. The molecule has 2 rings (SSSR count). The Labute approximate surface area is 142 Å². The number of ether oxygens (including phenoxy) is 2. The van der Waals surface area contributed by atoms with Gasteiger partial charge in [-0.15, -0.1) is 11.8 Å². The third-order valence-corrected chi connectivity index (χ3v) is 4.46. The van der Waals surface area contributed by atoms with Crippen molar-refractivity contribution in [2.24, 2.45) is 0 Å². The largest absolute Gasteiger partial charge is 0.755 e. The van der Waals surface area contributed by atoms with Gasteiger partial charge in [-0.2, -0.15) is 0 Å². The van der Waals surface area contributed by atoms with E-state index in [1.165, 1.54) is 4.90 Å². The summed E-state index contributed by atoms with van der Waals surface area (Å²) in [6.07, 6.45) is 2.03. The van der Waals surface area contributed by atoms with E-state index in [2.05, 4.69) is 4.72 Å². The molecule has 1 N–H and O–H groups in total. The molecule has 5 nitrogen and oxygen atoms in total. The van der Waals surface area contributed by atoms with Crippen LogP contribution in [0.5, 0.6) is 11.5 Å². The number of methoxy groups -OCH3 is 1. The molecule has 0 radical (unpaired) electrons. The Morgan fingerprint density at radius 3 is 2.65 bits per heavy atom. The maximum Gasteiger partial charge on any atom is 0.133 e. The van der Waals surface area contributed by atoms with E-state index in [-0.39, 0.29) is 0 Å². The van der Waals surface area contributed by atoms with Crippen LogP contribution >= 0.6 is 11.8 Å². The monoisotopic (exact) mass is 352 g/mol. The zero-order valence-corrected chi connectivity index (χ0v) is 14.8. The van der Waals surface area contributed by atoms with Crippen molar-refractivity contribution in [3.63, 3.8) is 0 Å². The maximum atomic E-state index is 10.7. The van der Waals surface area contributed by atoms with Crippen LogP contribution in [0.15, 0.2) is 41.3 Å². The van der Waals surface area contributed by atoms with Gasteiger partial charge in [0, 0.05) is 34.5 Å². The van der Waals surface area contributed by atoms with Gasteiger partial charge in [0.25, 0.3) is 0 Å². The molecule has 0 aliphatic rings. The number of benzene rings is 2. The lowest BCUT2D eigenvalue weighted by molar-refractivity contribution is 0.182. The first-order valence-electron chi connectivity index (χ1n) is 6.83. The van der Waals surface area contributed by atoms with Crippen LogP contribution in [0.2, 0.25) is 0 Å². The van der Waals surface area contributed by atoms with Crippen molar-refractivity contribution in [3.05, 3.63) is 47.5 Å². The Kier molecular flexibility index (Phi) is 6.47. The molecule has 1 atom stereocenters. The second kappa shape index (κ2) is 8.35. The molecule has 2 aromatic rings. The highest BCUT2D eigenvalue weighted by molar-refractivity contribution is 7.98. The summed E-state index contributed by atoms with van der Waals surface area (Å²) in [5, 5.41) is 0. The van der Waals surface area contributed by atoms with Crippen molar-refractivity contribution < 1.29 is 18.2 Å². The number of hydrogen-bond acceptors (Lipinski definition) is 5. The van der Waals surface area contributed by atoms with Gasteiger partial charge in [0.05, 0.1) is 6.61 Å². The van der Waals surface area contributed by atoms with Gasteiger partial charge in [0.15, 0.2) is 0 Å². The average Bonchev–Trinajstić information content (AvgIpc) is 2.50. The Hall–Kier alpha value is -1.54. The second-order valence-electron chi connectivity index (χ2n) is 4.83. The molecule has 23 heavy (non-hydrogen) atoms.